The molecular weight excluding hydrogens is 368 g/mol. The van der Waals surface area contributed by atoms with Gasteiger partial charge in [-0.2, -0.15) is 0 Å². The fourth-order valence-corrected chi connectivity index (χ4v) is 4.11. The minimum atomic E-state index is -0.652. The maximum Gasteiger partial charge on any atom is 0.303 e. The molecule has 178 valence electrons. The Kier molecular flexibility index (Phi) is 25.6. The fraction of sp³-hybridized carbons (Fsp3) is 0.893. The number of rotatable bonds is 25. The number of carboxylic acids is 1. The zero-order valence-electron chi connectivity index (χ0n) is 20.5. The Hall–Kier alpha value is -0.790. The van der Waals surface area contributed by atoms with Gasteiger partial charge in [-0.05, 0) is 32.1 Å². The Bertz CT molecular complexity index is 362. The lowest BCUT2D eigenvalue weighted by Crippen LogP contribution is -1.93. The average Bonchev–Trinajstić information content (AvgIpc) is 2.73. The van der Waals surface area contributed by atoms with Gasteiger partial charge in [-0.1, -0.05) is 135 Å². The fourth-order valence-electron chi connectivity index (χ4n) is 4.11. The van der Waals surface area contributed by atoms with Crippen LogP contribution in [0.3, 0.4) is 0 Å². The van der Waals surface area contributed by atoms with Crippen LogP contribution in [0.25, 0.3) is 0 Å². The average molecular weight is 423 g/mol. The van der Waals surface area contributed by atoms with Crippen LogP contribution in [0.15, 0.2) is 12.2 Å². The highest BCUT2D eigenvalue weighted by molar-refractivity contribution is 5.66. The maximum absolute atomic E-state index is 10.4. The molecule has 0 aliphatic rings. The highest BCUT2D eigenvalue weighted by atomic mass is 16.4. The second-order valence-corrected chi connectivity index (χ2v) is 9.26. The summed E-state index contributed by atoms with van der Waals surface area (Å²) in [6, 6.07) is 0. The molecular formula is C28H54O2. The molecule has 0 aromatic rings. The van der Waals surface area contributed by atoms with Crippen molar-refractivity contribution in [1.29, 1.82) is 0 Å². The molecule has 1 N–H and O–H groups in total. The standard InChI is InChI=1S/C28H54O2/c1-2-3-4-5-6-7-8-9-10-11-12-13-14-15-16-17-18-19-20-21-22-23-24-25-26-27-28(29)30/h11-12H,2-10,13-27H2,1H3,(H,29,30)/b12-11-. The SMILES string of the molecule is CCCCCCCCCC/C=C\CCCCCCCCCCCCCCCC(=O)O. The highest BCUT2D eigenvalue weighted by Crippen LogP contribution is 2.14. The Morgan fingerprint density at radius 1 is 0.500 bits per heavy atom. The van der Waals surface area contributed by atoms with Gasteiger partial charge in [-0.25, -0.2) is 0 Å². The van der Waals surface area contributed by atoms with Crippen LogP contribution >= 0.6 is 0 Å². The molecule has 0 saturated carbocycles. The molecule has 0 aliphatic heterocycles. The van der Waals surface area contributed by atoms with Gasteiger partial charge < -0.3 is 5.11 Å². The van der Waals surface area contributed by atoms with Crippen LogP contribution < -0.4 is 0 Å². The van der Waals surface area contributed by atoms with E-state index in [-0.39, 0.29) is 0 Å². The van der Waals surface area contributed by atoms with Crippen LogP contribution in [-0.2, 0) is 4.79 Å². The van der Waals surface area contributed by atoms with Crippen molar-refractivity contribution in [1.82, 2.24) is 0 Å². The molecule has 30 heavy (non-hydrogen) atoms. The summed E-state index contributed by atoms with van der Waals surface area (Å²) in [7, 11) is 0. The Morgan fingerprint density at radius 3 is 1.13 bits per heavy atom. The smallest absolute Gasteiger partial charge is 0.303 e. The second-order valence-electron chi connectivity index (χ2n) is 9.26. The molecule has 0 unspecified atom stereocenters. The lowest BCUT2D eigenvalue weighted by molar-refractivity contribution is -0.137. The maximum atomic E-state index is 10.4. The molecule has 0 saturated heterocycles. The lowest BCUT2D eigenvalue weighted by atomic mass is 10.0. The first kappa shape index (κ1) is 29.2. The third-order valence-electron chi connectivity index (χ3n) is 6.15. The zero-order valence-corrected chi connectivity index (χ0v) is 20.5. The van der Waals surface area contributed by atoms with Crippen LogP contribution in [0.1, 0.15) is 161 Å². The van der Waals surface area contributed by atoms with Crippen molar-refractivity contribution in [3.8, 4) is 0 Å². The van der Waals surface area contributed by atoms with E-state index in [2.05, 4.69) is 19.1 Å². The van der Waals surface area contributed by atoms with Crippen LogP contribution in [0.2, 0.25) is 0 Å². The van der Waals surface area contributed by atoms with Gasteiger partial charge in [0.1, 0.15) is 0 Å². The van der Waals surface area contributed by atoms with E-state index in [0.29, 0.717) is 6.42 Å². The van der Waals surface area contributed by atoms with E-state index < -0.39 is 5.97 Å². The van der Waals surface area contributed by atoms with E-state index in [9.17, 15) is 4.79 Å². The monoisotopic (exact) mass is 422 g/mol. The number of hydrogen-bond acceptors (Lipinski definition) is 1. The summed E-state index contributed by atoms with van der Waals surface area (Å²) in [4.78, 5) is 10.4. The number of unbranched alkanes of at least 4 members (excludes halogenated alkanes) is 21. The molecule has 0 rings (SSSR count). The number of carboxylic acid groups (broad SMARTS) is 1. The van der Waals surface area contributed by atoms with Crippen molar-refractivity contribution in [2.75, 3.05) is 0 Å². The largest absolute Gasteiger partial charge is 0.481 e. The van der Waals surface area contributed by atoms with Gasteiger partial charge in [0.25, 0.3) is 0 Å². The van der Waals surface area contributed by atoms with Crippen molar-refractivity contribution >= 4 is 5.97 Å². The second kappa shape index (κ2) is 26.2. The minimum Gasteiger partial charge on any atom is -0.481 e. The van der Waals surface area contributed by atoms with Gasteiger partial charge in [0.2, 0.25) is 0 Å². The third kappa shape index (κ3) is 27.2. The van der Waals surface area contributed by atoms with Crippen LogP contribution in [0.4, 0.5) is 0 Å². The van der Waals surface area contributed by atoms with Crippen molar-refractivity contribution < 1.29 is 9.90 Å². The van der Waals surface area contributed by atoms with E-state index in [1.807, 2.05) is 0 Å². The molecule has 0 heterocycles. The number of aliphatic carboxylic acids is 1. The number of hydrogen-bond donors (Lipinski definition) is 1. The Labute approximate surface area is 189 Å². The molecule has 0 bridgehead atoms. The molecule has 2 heteroatoms. The summed E-state index contributed by atoms with van der Waals surface area (Å²) in [6.45, 7) is 2.29. The van der Waals surface area contributed by atoms with Crippen molar-refractivity contribution in [3.05, 3.63) is 12.2 Å². The third-order valence-corrected chi connectivity index (χ3v) is 6.15. The summed E-state index contributed by atoms with van der Waals surface area (Å²) in [5.41, 5.74) is 0. The number of carbonyl (C=O) groups is 1. The van der Waals surface area contributed by atoms with E-state index in [1.54, 1.807) is 0 Å². The van der Waals surface area contributed by atoms with E-state index in [1.165, 1.54) is 135 Å². The van der Waals surface area contributed by atoms with Gasteiger partial charge in [-0.3, -0.25) is 4.79 Å². The topological polar surface area (TPSA) is 37.3 Å². The first-order chi connectivity index (χ1) is 14.8. The predicted molar refractivity (Wildman–Crippen MR) is 133 cm³/mol. The van der Waals surface area contributed by atoms with Gasteiger partial charge in [0, 0.05) is 6.42 Å². The van der Waals surface area contributed by atoms with Crippen LogP contribution in [0, 0.1) is 0 Å². The van der Waals surface area contributed by atoms with Crippen LogP contribution in [-0.4, -0.2) is 11.1 Å². The predicted octanol–water partition coefficient (Wildman–Crippen LogP) is 10.0. The molecule has 0 aromatic carbocycles. The van der Waals surface area contributed by atoms with Crippen molar-refractivity contribution in [3.63, 3.8) is 0 Å². The summed E-state index contributed by atoms with van der Waals surface area (Å²) >= 11 is 0. The summed E-state index contributed by atoms with van der Waals surface area (Å²) in [5.74, 6) is -0.652. The Morgan fingerprint density at radius 2 is 0.800 bits per heavy atom. The minimum absolute atomic E-state index is 0.343. The van der Waals surface area contributed by atoms with E-state index in [4.69, 9.17) is 5.11 Å². The summed E-state index contributed by atoms with van der Waals surface area (Å²) in [5, 5.41) is 8.59. The van der Waals surface area contributed by atoms with Gasteiger partial charge in [0.15, 0.2) is 0 Å². The quantitative estimate of drug-likeness (QED) is 0.117. The summed E-state index contributed by atoms with van der Waals surface area (Å²) in [6.07, 6.45) is 36.0. The molecule has 2 nitrogen and oxygen atoms in total. The van der Waals surface area contributed by atoms with E-state index >= 15 is 0 Å². The molecule has 0 spiro atoms. The van der Waals surface area contributed by atoms with E-state index in [0.717, 1.165) is 12.8 Å². The Balaban J connectivity index is 3.07. The van der Waals surface area contributed by atoms with Gasteiger partial charge >= 0.3 is 5.97 Å². The molecule has 0 amide bonds. The molecule has 0 fully saturated rings. The highest BCUT2D eigenvalue weighted by Gasteiger charge is 1.97. The van der Waals surface area contributed by atoms with Gasteiger partial charge in [0.05, 0.1) is 0 Å². The van der Waals surface area contributed by atoms with Crippen molar-refractivity contribution in [2.24, 2.45) is 0 Å². The van der Waals surface area contributed by atoms with Gasteiger partial charge in [-0.15, -0.1) is 0 Å². The first-order valence-corrected chi connectivity index (χ1v) is 13.6. The lowest BCUT2D eigenvalue weighted by Gasteiger charge is -2.03. The zero-order chi connectivity index (χ0) is 22.0. The summed E-state index contributed by atoms with van der Waals surface area (Å²) < 4.78 is 0. The van der Waals surface area contributed by atoms with Crippen molar-refractivity contribution in [2.45, 2.75) is 161 Å². The number of allylic oxidation sites excluding steroid dienone is 2. The molecule has 0 aromatic heterocycles. The first-order valence-electron chi connectivity index (χ1n) is 13.6. The molecule has 0 aliphatic carbocycles. The normalized spacial score (nSPS) is 11.5. The molecule has 0 radical (unpaired) electrons. The molecule has 0 atom stereocenters. The van der Waals surface area contributed by atoms with Crippen LogP contribution in [0.5, 0.6) is 0 Å².